The number of hydrogen-bond donors (Lipinski definition) is 0. The van der Waals surface area contributed by atoms with Gasteiger partial charge in [0.25, 0.3) is 0 Å². The minimum atomic E-state index is 0.407. The molecule has 0 saturated carbocycles. The van der Waals surface area contributed by atoms with E-state index in [1.807, 2.05) is 30.2 Å². The maximum atomic E-state index is 10.4. The third-order valence-electron chi connectivity index (χ3n) is 2.71. The molecule has 0 bridgehead atoms. The summed E-state index contributed by atoms with van der Waals surface area (Å²) in [5.41, 5.74) is 1.64. The Bertz CT molecular complexity index is 541. The molecule has 0 aliphatic carbocycles. The maximum absolute atomic E-state index is 10.4. The van der Waals surface area contributed by atoms with Gasteiger partial charge >= 0.3 is 0 Å². The molecule has 0 unspecified atom stereocenters. The van der Waals surface area contributed by atoms with Crippen LogP contribution in [-0.4, -0.2) is 34.1 Å². The highest BCUT2D eigenvalue weighted by Crippen LogP contribution is 2.25. The van der Waals surface area contributed by atoms with Crippen molar-refractivity contribution in [3.05, 3.63) is 42.3 Å². The number of aldehydes is 1. The van der Waals surface area contributed by atoms with E-state index < -0.39 is 0 Å². The summed E-state index contributed by atoms with van der Waals surface area (Å²) in [4.78, 5) is 16.4. The first kappa shape index (κ1) is 13.5. The van der Waals surface area contributed by atoms with Gasteiger partial charge in [-0.15, -0.1) is 0 Å². The Kier molecular flexibility index (Phi) is 4.52. The fourth-order valence-electron chi connectivity index (χ4n) is 1.75. The van der Waals surface area contributed by atoms with Crippen molar-refractivity contribution in [3.8, 4) is 5.69 Å². The van der Waals surface area contributed by atoms with Crippen molar-refractivity contribution in [2.45, 2.75) is 6.92 Å². The summed E-state index contributed by atoms with van der Waals surface area (Å²) in [5, 5.41) is 4.66. The lowest BCUT2D eigenvalue weighted by molar-refractivity contribution is -0.105. The fourth-order valence-corrected chi connectivity index (χ4v) is 2.00. The van der Waals surface area contributed by atoms with Gasteiger partial charge in [0, 0.05) is 25.7 Å². The molecule has 0 atom stereocenters. The summed E-state index contributed by atoms with van der Waals surface area (Å²) in [6.07, 6.45) is 7.57. The Morgan fingerprint density at radius 3 is 3.00 bits per heavy atom. The first-order valence-corrected chi connectivity index (χ1v) is 6.31. The van der Waals surface area contributed by atoms with Gasteiger partial charge < -0.3 is 9.69 Å². The van der Waals surface area contributed by atoms with Gasteiger partial charge in [-0.3, -0.25) is 4.98 Å². The van der Waals surface area contributed by atoms with Crippen LogP contribution in [-0.2, 0) is 4.79 Å². The molecule has 0 amide bonds. The topological polar surface area (TPSA) is 51.0 Å². The Morgan fingerprint density at radius 2 is 2.37 bits per heavy atom. The average Bonchev–Trinajstić information content (AvgIpc) is 2.83. The van der Waals surface area contributed by atoms with Crippen molar-refractivity contribution in [1.29, 1.82) is 0 Å². The van der Waals surface area contributed by atoms with Crippen LogP contribution in [0.1, 0.15) is 6.92 Å². The van der Waals surface area contributed by atoms with E-state index in [4.69, 9.17) is 11.6 Å². The predicted molar refractivity (Wildman–Crippen MR) is 74.6 cm³/mol. The summed E-state index contributed by atoms with van der Waals surface area (Å²) < 4.78 is 1.67. The number of nitrogens with zero attached hydrogens (tertiary/aromatic N) is 4. The molecule has 2 heterocycles. The van der Waals surface area contributed by atoms with Gasteiger partial charge in [0.2, 0.25) is 0 Å². The van der Waals surface area contributed by atoms with Gasteiger partial charge in [0.15, 0.2) is 5.15 Å². The minimum Gasteiger partial charge on any atom is -0.367 e. The molecule has 0 saturated heterocycles. The van der Waals surface area contributed by atoms with Crippen molar-refractivity contribution < 1.29 is 4.79 Å². The zero-order valence-electron chi connectivity index (χ0n) is 10.5. The summed E-state index contributed by atoms with van der Waals surface area (Å²) >= 11 is 6.15. The fraction of sp³-hybridized carbons (Fsp3) is 0.231. The number of carbonyl (C=O) groups is 1. The molecule has 2 aromatic rings. The van der Waals surface area contributed by atoms with E-state index in [1.54, 1.807) is 23.5 Å². The Balaban J connectivity index is 2.27. The molecule has 6 heteroatoms. The molecule has 0 N–H and O–H groups in total. The van der Waals surface area contributed by atoms with Crippen molar-refractivity contribution in [1.82, 2.24) is 14.8 Å². The summed E-state index contributed by atoms with van der Waals surface area (Å²) in [6, 6.07) is 3.73. The first-order chi connectivity index (χ1) is 9.26. The second-order valence-electron chi connectivity index (χ2n) is 3.87. The standard InChI is InChI=1S/C13H14ClN4O/c1-2-17(7-4-8-19)12-10-18(16-13(12)14)11-5-3-6-15-9-11/h3-6,8-10H,2,7H2,1H3. The number of hydrogen-bond acceptors (Lipinski definition) is 4. The highest BCUT2D eigenvalue weighted by molar-refractivity contribution is 6.32. The smallest absolute Gasteiger partial charge is 0.174 e. The van der Waals surface area contributed by atoms with Crippen LogP contribution in [0.2, 0.25) is 5.15 Å². The van der Waals surface area contributed by atoms with E-state index in [9.17, 15) is 4.79 Å². The molecule has 19 heavy (non-hydrogen) atoms. The number of pyridine rings is 1. The molecule has 0 spiro atoms. The first-order valence-electron chi connectivity index (χ1n) is 5.93. The van der Waals surface area contributed by atoms with Crippen molar-refractivity contribution in [2.24, 2.45) is 0 Å². The van der Waals surface area contributed by atoms with E-state index >= 15 is 0 Å². The maximum Gasteiger partial charge on any atom is 0.174 e. The number of halogens is 1. The van der Waals surface area contributed by atoms with Gasteiger partial charge in [-0.2, -0.15) is 5.10 Å². The largest absolute Gasteiger partial charge is 0.367 e. The summed E-state index contributed by atoms with van der Waals surface area (Å²) in [7, 11) is 0. The Hall–Kier alpha value is -1.88. The van der Waals surface area contributed by atoms with Crippen molar-refractivity contribution in [3.63, 3.8) is 0 Å². The van der Waals surface area contributed by atoms with Crippen LogP contribution in [0, 0.1) is 6.42 Å². The number of rotatable bonds is 6. The van der Waals surface area contributed by atoms with E-state index in [2.05, 4.69) is 10.1 Å². The molecule has 2 aromatic heterocycles. The zero-order valence-corrected chi connectivity index (χ0v) is 11.3. The lowest BCUT2D eigenvalue weighted by Crippen LogP contribution is -2.24. The molecule has 0 aliphatic rings. The average molecular weight is 278 g/mol. The van der Waals surface area contributed by atoms with Crippen molar-refractivity contribution in [2.75, 3.05) is 18.0 Å². The lowest BCUT2D eigenvalue weighted by atomic mass is 10.3. The molecular formula is C13H14ClN4O. The van der Waals surface area contributed by atoms with Gasteiger partial charge in [0.1, 0.15) is 6.29 Å². The highest BCUT2D eigenvalue weighted by atomic mass is 35.5. The second kappa shape index (κ2) is 6.33. The van der Waals surface area contributed by atoms with Crippen LogP contribution in [0.4, 0.5) is 5.69 Å². The Labute approximate surface area is 116 Å². The normalized spacial score (nSPS) is 10.4. The van der Waals surface area contributed by atoms with Crippen LogP contribution < -0.4 is 4.90 Å². The third kappa shape index (κ3) is 3.12. The van der Waals surface area contributed by atoms with Crippen LogP contribution in [0.15, 0.2) is 30.7 Å². The molecule has 99 valence electrons. The monoisotopic (exact) mass is 277 g/mol. The number of carbonyl (C=O) groups excluding carboxylic acids is 1. The van der Waals surface area contributed by atoms with E-state index in [1.165, 1.54) is 0 Å². The molecule has 0 fully saturated rings. The minimum absolute atomic E-state index is 0.407. The predicted octanol–water partition coefficient (Wildman–Crippen LogP) is 2.15. The summed E-state index contributed by atoms with van der Waals surface area (Å²) in [5.74, 6) is 0. The van der Waals surface area contributed by atoms with Gasteiger partial charge in [-0.05, 0) is 19.1 Å². The van der Waals surface area contributed by atoms with E-state index in [0.29, 0.717) is 11.7 Å². The molecule has 5 nitrogen and oxygen atoms in total. The lowest BCUT2D eigenvalue weighted by Gasteiger charge is -2.19. The second-order valence-corrected chi connectivity index (χ2v) is 4.23. The molecule has 0 aromatic carbocycles. The number of aromatic nitrogens is 3. The molecule has 1 radical (unpaired) electrons. The molecule has 2 rings (SSSR count). The van der Waals surface area contributed by atoms with E-state index in [-0.39, 0.29) is 0 Å². The van der Waals surface area contributed by atoms with Crippen LogP contribution >= 0.6 is 11.6 Å². The van der Waals surface area contributed by atoms with Gasteiger partial charge in [-0.1, -0.05) is 11.6 Å². The van der Waals surface area contributed by atoms with Gasteiger partial charge in [-0.25, -0.2) is 4.68 Å². The highest BCUT2D eigenvalue weighted by Gasteiger charge is 2.13. The Morgan fingerprint density at radius 1 is 1.53 bits per heavy atom. The zero-order chi connectivity index (χ0) is 13.7. The SMILES string of the molecule is CCN(C[CH]C=O)c1cn(-c2cccnc2)nc1Cl. The number of anilines is 1. The van der Waals surface area contributed by atoms with Crippen LogP contribution in [0.3, 0.4) is 0 Å². The third-order valence-corrected chi connectivity index (χ3v) is 2.98. The molecular weight excluding hydrogens is 264 g/mol. The van der Waals surface area contributed by atoms with Crippen molar-refractivity contribution >= 4 is 23.6 Å². The van der Waals surface area contributed by atoms with E-state index in [0.717, 1.165) is 24.2 Å². The van der Waals surface area contributed by atoms with Gasteiger partial charge in [0.05, 0.1) is 23.8 Å². The van der Waals surface area contributed by atoms with Crippen LogP contribution in [0.25, 0.3) is 5.69 Å². The molecule has 0 aliphatic heterocycles. The summed E-state index contributed by atoms with van der Waals surface area (Å²) in [6.45, 7) is 3.25. The quantitative estimate of drug-likeness (QED) is 0.759. The van der Waals surface area contributed by atoms with Crippen LogP contribution in [0.5, 0.6) is 0 Å².